The number of carbonyl (C=O) groups excluding carboxylic acids is 1. The quantitative estimate of drug-likeness (QED) is 0.764. The molecule has 2 aromatic carbocycles. The van der Waals surface area contributed by atoms with Gasteiger partial charge in [-0.2, -0.15) is 0 Å². The van der Waals surface area contributed by atoms with E-state index in [9.17, 15) is 9.90 Å². The lowest BCUT2D eigenvalue weighted by molar-refractivity contribution is -0.116. The first-order valence-corrected chi connectivity index (χ1v) is 10.1. The van der Waals surface area contributed by atoms with Crippen LogP contribution in [0.15, 0.2) is 53.4 Å². The molecule has 3 rings (SSSR count). The molecule has 0 saturated carbocycles. The number of phenolic OH excluding ortho intramolecular Hbond substituents is 1. The number of aromatic hydroxyl groups is 1. The molecule has 1 aliphatic rings. The maximum atomic E-state index is 12.3. The average molecular weight is 372 g/mol. The molecule has 1 saturated heterocycles. The van der Waals surface area contributed by atoms with Gasteiger partial charge in [-0.3, -0.25) is 9.69 Å². The Hall–Kier alpha value is -2.18. The van der Waals surface area contributed by atoms with Crippen LogP contribution in [-0.4, -0.2) is 54.9 Å². The van der Waals surface area contributed by atoms with E-state index < -0.39 is 0 Å². The lowest BCUT2D eigenvalue weighted by Crippen LogP contribution is -2.47. The Bertz CT molecular complexity index is 745. The first-order chi connectivity index (χ1) is 12.7. The average Bonchev–Trinajstić information content (AvgIpc) is 2.68. The molecular formula is C20H25N3O2S. The summed E-state index contributed by atoms with van der Waals surface area (Å²) in [5.74, 6) is 0.377. The number of hydrogen-bond donors (Lipinski definition) is 2. The lowest BCUT2D eigenvalue weighted by Gasteiger charge is -2.36. The van der Waals surface area contributed by atoms with Crippen molar-refractivity contribution in [3.63, 3.8) is 0 Å². The maximum absolute atomic E-state index is 12.3. The van der Waals surface area contributed by atoms with E-state index in [0.717, 1.165) is 49.0 Å². The number of hydrogen-bond acceptors (Lipinski definition) is 5. The molecule has 0 radical (unpaired) electrons. The topological polar surface area (TPSA) is 55.8 Å². The maximum Gasteiger partial charge on any atom is 0.225 e. The fourth-order valence-electron chi connectivity index (χ4n) is 3.16. The highest BCUT2D eigenvalue weighted by atomic mass is 32.2. The summed E-state index contributed by atoms with van der Waals surface area (Å²) < 4.78 is 0. The molecule has 6 heteroatoms. The van der Waals surface area contributed by atoms with Crippen molar-refractivity contribution in [3.8, 4) is 5.75 Å². The van der Waals surface area contributed by atoms with Gasteiger partial charge in [0, 0.05) is 44.0 Å². The number of benzene rings is 2. The molecule has 0 unspecified atom stereocenters. The number of rotatable bonds is 6. The molecule has 26 heavy (non-hydrogen) atoms. The molecule has 138 valence electrons. The Morgan fingerprint density at radius 3 is 2.50 bits per heavy atom. The van der Waals surface area contributed by atoms with Crippen molar-refractivity contribution in [2.24, 2.45) is 0 Å². The van der Waals surface area contributed by atoms with Gasteiger partial charge in [0.25, 0.3) is 0 Å². The van der Waals surface area contributed by atoms with Gasteiger partial charge in [0.2, 0.25) is 5.91 Å². The van der Waals surface area contributed by atoms with Crippen molar-refractivity contribution >= 4 is 29.0 Å². The molecule has 1 heterocycles. The number of amides is 1. The molecule has 1 fully saturated rings. The third kappa shape index (κ3) is 4.71. The number of anilines is 2. The molecule has 5 nitrogen and oxygen atoms in total. The predicted molar refractivity (Wildman–Crippen MR) is 108 cm³/mol. The third-order valence-corrected chi connectivity index (χ3v) is 5.43. The number of nitrogens with one attached hydrogen (secondary N) is 1. The largest absolute Gasteiger partial charge is 0.506 e. The van der Waals surface area contributed by atoms with Crippen molar-refractivity contribution in [1.82, 2.24) is 4.90 Å². The van der Waals surface area contributed by atoms with Crippen LogP contribution in [0.25, 0.3) is 0 Å². The van der Waals surface area contributed by atoms with Gasteiger partial charge in [-0.1, -0.05) is 24.3 Å². The zero-order valence-electron chi connectivity index (χ0n) is 15.0. The van der Waals surface area contributed by atoms with Crippen molar-refractivity contribution in [1.29, 1.82) is 0 Å². The van der Waals surface area contributed by atoms with Crippen LogP contribution < -0.4 is 10.2 Å². The van der Waals surface area contributed by atoms with Crippen LogP contribution in [-0.2, 0) is 4.79 Å². The van der Waals surface area contributed by atoms with Crippen LogP contribution in [0.4, 0.5) is 11.4 Å². The van der Waals surface area contributed by atoms with E-state index in [2.05, 4.69) is 15.1 Å². The molecule has 2 N–H and O–H groups in total. The lowest BCUT2D eigenvalue weighted by atomic mass is 10.2. The summed E-state index contributed by atoms with van der Waals surface area (Å²) in [6.07, 6.45) is 2.49. The summed E-state index contributed by atoms with van der Waals surface area (Å²) in [5, 5.41) is 13.0. The minimum Gasteiger partial charge on any atom is -0.506 e. The highest BCUT2D eigenvalue weighted by Crippen LogP contribution is 2.27. The number of phenols is 1. The van der Waals surface area contributed by atoms with Crippen LogP contribution in [0.1, 0.15) is 6.42 Å². The monoisotopic (exact) mass is 371 g/mol. The molecule has 1 amide bonds. The Labute approximate surface area is 159 Å². The van der Waals surface area contributed by atoms with E-state index in [1.54, 1.807) is 17.8 Å². The van der Waals surface area contributed by atoms with Crippen LogP contribution in [0.2, 0.25) is 0 Å². The first-order valence-electron chi connectivity index (χ1n) is 8.85. The van der Waals surface area contributed by atoms with Gasteiger partial charge in [-0.05, 0) is 30.5 Å². The summed E-state index contributed by atoms with van der Waals surface area (Å²) in [5.41, 5.74) is 1.77. The fourth-order valence-corrected chi connectivity index (χ4v) is 3.72. The van der Waals surface area contributed by atoms with E-state index in [0.29, 0.717) is 12.2 Å². The molecular weight excluding hydrogens is 346 g/mol. The minimum atomic E-state index is 0.0506. The van der Waals surface area contributed by atoms with Gasteiger partial charge in [0.15, 0.2) is 0 Å². The second-order valence-corrected chi connectivity index (χ2v) is 7.16. The van der Waals surface area contributed by atoms with Crippen LogP contribution in [0.5, 0.6) is 5.75 Å². The molecule has 0 aromatic heterocycles. The summed E-state index contributed by atoms with van der Waals surface area (Å²) in [6.45, 7) is 4.25. The zero-order chi connectivity index (χ0) is 18.4. The van der Waals surface area contributed by atoms with Gasteiger partial charge in [0.1, 0.15) is 5.75 Å². The van der Waals surface area contributed by atoms with Gasteiger partial charge in [0.05, 0.1) is 11.4 Å². The number of thioether (sulfide) groups is 1. The van der Waals surface area contributed by atoms with Gasteiger partial charge in [-0.15, -0.1) is 11.8 Å². The number of carbonyl (C=O) groups is 1. The predicted octanol–water partition coefficient (Wildman–Crippen LogP) is 3.26. The van der Waals surface area contributed by atoms with Crippen LogP contribution in [0, 0.1) is 0 Å². The summed E-state index contributed by atoms with van der Waals surface area (Å²) in [4.78, 5) is 17.8. The van der Waals surface area contributed by atoms with Crippen molar-refractivity contribution < 1.29 is 9.90 Å². The summed E-state index contributed by atoms with van der Waals surface area (Å²) >= 11 is 1.63. The molecule has 1 aliphatic heterocycles. The Balaban J connectivity index is 1.45. The van der Waals surface area contributed by atoms with Gasteiger partial charge < -0.3 is 15.3 Å². The molecule has 0 atom stereocenters. The Morgan fingerprint density at radius 2 is 1.77 bits per heavy atom. The minimum absolute atomic E-state index is 0.0506. The van der Waals surface area contributed by atoms with E-state index in [4.69, 9.17) is 0 Å². The number of para-hydroxylation sites is 3. The normalized spacial score (nSPS) is 15.0. The number of nitrogens with zero attached hydrogens (tertiary/aromatic N) is 2. The first kappa shape index (κ1) is 18.6. The van der Waals surface area contributed by atoms with Gasteiger partial charge >= 0.3 is 0 Å². The fraction of sp³-hybridized carbons (Fsp3) is 0.350. The molecule has 0 spiro atoms. The molecule has 0 aliphatic carbocycles. The van der Waals surface area contributed by atoms with E-state index in [1.807, 2.05) is 48.7 Å². The van der Waals surface area contributed by atoms with Gasteiger partial charge in [-0.25, -0.2) is 0 Å². The smallest absolute Gasteiger partial charge is 0.225 e. The number of piperazine rings is 1. The Kier molecular flexibility index (Phi) is 6.41. The van der Waals surface area contributed by atoms with Crippen molar-refractivity contribution in [2.45, 2.75) is 11.3 Å². The summed E-state index contributed by atoms with van der Waals surface area (Å²) in [7, 11) is 0. The van der Waals surface area contributed by atoms with Crippen molar-refractivity contribution in [3.05, 3.63) is 48.5 Å². The second kappa shape index (κ2) is 8.96. The van der Waals surface area contributed by atoms with E-state index in [1.165, 1.54) is 0 Å². The van der Waals surface area contributed by atoms with E-state index >= 15 is 0 Å². The zero-order valence-corrected chi connectivity index (χ0v) is 15.8. The third-order valence-electron chi connectivity index (χ3n) is 4.63. The second-order valence-electron chi connectivity index (χ2n) is 6.32. The molecule has 0 bridgehead atoms. The van der Waals surface area contributed by atoms with Crippen LogP contribution >= 0.6 is 11.8 Å². The highest BCUT2D eigenvalue weighted by molar-refractivity contribution is 7.98. The van der Waals surface area contributed by atoms with Crippen LogP contribution in [0.3, 0.4) is 0 Å². The van der Waals surface area contributed by atoms with E-state index in [-0.39, 0.29) is 5.91 Å². The highest BCUT2D eigenvalue weighted by Gasteiger charge is 2.19. The Morgan fingerprint density at radius 1 is 1.08 bits per heavy atom. The summed E-state index contributed by atoms with van der Waals surface area (Å²) in [6, 6.07) is 15.3. The van der Waals surface area contributed by atoms with Crippen molar-refractivity contribution in [2.75, 3.05) is 49.2 Å². The standard InChI is InChI=1S/C20H25N3O2S/c1-26-19-9-5-2-6-16(19)21-20(25)10-11-22-12-14-23(15-13-22)17-7-3-4-8-18(17)24/h2-9,24H,10-15H2,1H3,(H,21,25). The SMILES string of the molecule is CSc1ccccc1NC(=O)CCN1CCN(c2ccccc2O)CC1. The molecule has 2 aromatic rings.